The number of hydrogen-bond donors (Lipinski definition) is 2. The van der Waals surface area contributed by atoms with E-state index in [1.165, 1.54) is 37.7 Å². The summed E-state index contributed by atoms with van der Waals surface area (Å²) >= 11 is 0. The number of hydrogen-bond acceptors (Lipinski definition) is 5. The third-order valence-corrected chi connectivity index (χ3v) is 6.19. The van der Waals surface area contributed by atoms with Crippen molar-refractivity contribution in [3.8, 4) is 5.75 Å². The number of methoxy groups -OCH3 is 1. The highest BCUT2D eigenvalue weighted by Gasteiger charge is 2.23. The average Bonchev–Trinajstić information content (AvgIpc) is 2.84. The van der Waals surface area contributed by atoms with Gasteiger partial charge in [-0.3, -0.25) is 9.89 Å². The molecule has 2 fully saturated rings. The maximum Gasteiger partial charge on any atom is 0.191 e. The number of morpholine rings is 1. The van der Waals surface area contributed by atoms with Crippen LogP contribution in [0.5, 0.6) is 5.75 Å². The Morgan fingerprint density at radius 2 is 1.84 bits per heavy atom. The summed E-state index contributed by atoms with van der Waals surface area (Å²) in [6, 6.07) is 8.62. The van der Waals surface area contributed by atoms with E-state index in [2.05, 4.69) is 32.7 Å². The van der Waals surface area contributed by atoms with E-state index in [1.54, 1.807) is 7.11 Å². The molecule has 32 heavy (non-hydrogen) atoms. The van der Waals surface area contributed by atoms with Gasteiger partial charge in [-0.1, -0.05) is 31.4 Å². The summed E-state index contributed by atoms with van der Waals surface area (Å²) in [4.78, 5) is 6.88. The van der Waals surface area contributed by atoms with Crippen LogP contribution in [0.15, 0.2) is 29.3 Å². The Labute approximate surface area is 210 Å². The fourth-order valence-electron chi connectivity index (χ4n) is 4.35. The fraction of sp³-hybridized carbons (Fsp3) is 0.708. The Balaban J connectivity index is 0.00000363. The number of nitrogens with one attached hydrogen (secondary N) is 2. The SMILES string of the molecule is CN=C(NCCCOC1CCCCC1)NCC(c1ccc(OC)cc1)N1CCOCC1.I. The summed E-state index contributed by atoms with van der Waals surface area (Å²) in [6.45, 7) is 5.88. The lowest BCUT2D eigenvalue weighted by Crippen LogP contribution is -2.46. The second-order valence-electron chi connectivity index (χ2n) is 8.30. The van der Waals surface area contributed by atoms with Gasteiger partial charge in [0.1, 0.15) is 5.75 Å². The maximum atomic E-state index is 6.02. The monoisotopic (exact) mass is 560 g/mol. The highest BCUT2D eigenvalue weighted by molar-refractivity contribution is 14.0. The van der Waals surface area contributed by atoms with Gasteiger partial charge in [-0.15, -0.1) is 24.0 Å². The Bertz CT molecular complexity index is 647. The summed E-state index contributed by atoms with van der Waals surface area (Å²) in [5.41, 5.74) is 1.27. The van der Waals surface area contributed by atoms with E-state index in [-0.39, 0.29) is 30.0 Å². The number of guanidine groups is 1. The van der Waals surface area contributed by atoms with E-state index in [4.69, 9.17) is 14.2 Å². The molecule has 1 saturated carbocycles. The first kappa shape index (κ1) is 27.1. The van der Waals surface area contributed by atoms with Gasteiger partial charge >= 0.3 is 0 Å². The van der Waals surface area contributed by atoms with Gasteiger partial charge in [-0.05, 0) is 37.0 Å². The van der Waals surface area contributed by atoms with E-state index in [0.29, 0.717) is 6.10 Å². The van der Waals surface area contributed by atoms with Gasteiger partial charge in [0.25, 0.3) is 0 Å². The second kappa shape index (κ2) is 15.7. The number of aliphatic imine (C=N–C) groups is 1. The largest absolute Gasteiger partial charge is 0.497 e. The molecule has 0 spiro atoms. The van der Waals surface area contributed by atoms with Gasteiger partial charge in [0.15, 0.2) is 5.96 Å². The molecule has 1 heterocycles. The molecule has 0 radical (unpaired) electrons. The third-order valence-electron chi connectivity index (χ3n) is 6.19. The maximum absolute atomic E-state index is 6.02. The molecule has 1 unspecified atom stereocenters. The summed E-state index contributed by atoms with van der Waals surface area (Å²) in [7, 11) is 3.52. The molecule has 1 aliphatic heterocycles. The zero-order valence-corrected chi connectivity index (χ0v) is 22.0. The predicted molar refractivity (Wildman–Crippen MR) is 140 cm³/mol. The molecule has 1 aromatic rings. The highest BCUT2D eigenvalue weighted by Crippen LogP contribution is 2.24. The minimum Gasteiger partial charge on any atom is -0.497 e. The smallest absolute Gasteiger partial charge is 0.191 e. The van der Waals surface area contributed by atoms with Crippen molar-refractivity contribution >= 4 is 29.9 Å². The van der Waals surface area contributed by atoms with Gasteiger partial charge in [0.05, 0.1) is 32.5 Å². The normalized spacial score (nSPS) is 19.1. The minimum atomic E-state index is 0. The quantitative estimate of drug-likeness (QED) is 0.198. The number of ether oxygens (including phenoxy) is 3. The molecule has 1 aromatic carbocycles. The third kappa shape index (κ3) is 9.03. The first-order valence-corrected chi connectivity index (χ1v) is 11.8. The lowest BCUT2D eigenvalue weighted by Gasteiger charge is -2.35. The molecule has 8 heteroatoms. The Kier molecular flexibility index (Phi) is 13.3. The lowest BCUT2D eigenvalue weighted by molar-refractivity contribution is 0.0170. The van der Waals surface area contributed by atoms with Crippen LogP contribution in [-0.4, -0.2) is 77.1 Å². The van der Waals surface area contributed by atoms with Crippen LogP contribution in [0.3, 0.4) is 0 Å². The molecular weight excluding hydrogens is 519 g/mol. The number of benzene rings is 1. The van der Waals surface area contributed by atoms with Crippen LogP contribution in [0.4, 0.5) is 0 Å². The summed E-state index contributed by atoms with van der Waals surface area (Å²) in [5.74, 6) is 1.72. The van der Waals surface area contributed by atoms with Crippen molar-refractivity contribution in [3.05, 3.63) is 29.8 Å². The first-order chi connectivity index (χ1) is 15.3. The van der Waals surface area contributed by atoms with Crippen molar-refractivity contribution in [1.82, 2.24) is 15.5 Å². The van der Waals surface area contributed by atoms with Crippen LogP contribution in [0.25, 0.3) is 0 Å². The Hall–Kier alpha value is -1.10. The van der Waals surface area contributed by atoms with Crippen molar-refractivity contribution in [3.63, 3.8) is 0 Å². The van der Waals surface area contributed by atoms with Crippen LogP contribution in [-0.2, 0) is 9.47 Å². The van der Waals surface area contributed by atoms with E-state index >= 15 is 0 Å². The fourth-order valence-corrected chi connectivity index (χ4v) is 4.35. The van der Waals surface area contributed by atoms with Gasteiger partial charge < -0.3 is 24.8 Å². The number of halogens is 1. The summed E-state index contributed by atoms with van der Waals surface area (Å²) < 4.78 is 16.9. The van der Waals surface area contributed by atoms with Crippen molar-refractivity contribution in [1.29, 1.82) is 0 Å². The molecule has 2 aliphatic rings. The highest BCUT2D eigenvalue weighted by atomic mass is 127. The second-order valence-corrected chi connectivity index (χ2v) is 8.30. The molecule has 7 nitrogen and oxygen atoms in total. The van der Waals surface area contributed by atoms with Crippen LogP contribution in [0.1, 0.15) is 50.1 Å². The first-order valence-electron chi connectivity index (χ1n) is 11.8. The average molecular weight is 561 g/mol. The van der Waals surface area contributed by atoms with Crippen LogP contribution in [0, 0.1) is 0 Å². The van der Waals surface area contributed by atoms with E-state index in [1.807, 2.05) is 19.2 Å². The van der Waals surface area contributed by atoms with Crippen LogP contribution < -0.4 is 15.4 Å². The summed E-state index contributed by atoms with van der Waals surface area (Å²) in [6.07, 6.45) is 7.92. The van der Waals surface area contributed by atoms with Crippen molar-refractivity contribution in [2.24, 2.45) is 4.99 Å². The van der Waals surface area contributed by atoms with Crippen molar-refractivity contribution in [2.45, 2.75) is 50.7 Å². The molecule has 1 saturated heterocycles. The van der Waals surface area contributed by atoms with E-state index in [0.717, 1.165) is 64.1 Å². The molecule has 0 aromatic heterocycles. The van der Waals surface area contributed by atoms with E-state index in [9.17, 15) is 0 Å². The zero-order chi connectivity index (χ0) is 21.7. The zero-order valence-electron chi connectivity index (χ0n) is 19.7. The predicted octanol–water partition coefficient (Wildman–Crippen LogP) is 3.59. The molecule has 1 atom stereocenters. The molecular formula is C24H41IN4O3. The van der Waals surface area contributed by atoms with Gasteiger partial charge in [-0.2, -0.15) is 0 Å². The van der Waals surface area contributed by atoms with Gasteiger partial charge in [-0.25, -0.2) is 0 Å². The molecule has 182 valence electrons. The van der Waals surface area contributed by atoms with Gasteiger partial charge in [0, 0.05) is 39.8 Å². The molecule has 3 rings (SSSR count). The molecule has 0 bridgehead atoms. The lowest BCUT2D eigenvalue weighted by atomic mass is 9.98. The Morgan fingerprint density at radius 3 is 2.50 bits per heavy atom. The standard InChI is InChI=1S/C24H40N4O3.HI/c1-25-24(26-13-6-16-31-22-7-4-3-5-8-22)27-19-23(28-14-17-30-18-15-28)20-9-11-21(29-2)12-10-20;/h9-12,22-23H,3-8,13-19H2,1-2H3,(H2,25,26,27);1H. The van der Waals surface area contributed by atoms with Crippen molar-refractivity contribution in [2.75, 3.05) is 60.2 Å². The minimum absolute atomic E-state index is 0. The molecule has 0 amide bonds. The van der Waals surface area contributed by atoms with Crippen LogP contribution in [0.2, 0.25) is 0 Å². The molecule has 1 aliphatic carbocycles. The van der Waals surface area contributed by atoms with Crippen LogP contribution >= 0.6 is 24.0 Å². The van der Waals surface area contributed by atoms with E-state index < -0.39 is 0 Å². The number of nitrogens with zero attached hydrogens (tertiary/aromatic N) is 2. The molecule has 2 N–H and O–H groups in total. The topological polar surface area (TPSA) is 67.4 Å². The van der Waals surface area contributed by atoms with Gasteiger partial charge in [0.2, 0.25) is 0 Å². The summed E-state index contributed by atoms with van der Waals surface area (Å²) in [5, 5.41) is 6.95. The Morgan fingerprint density at radius 1 is 1.12 bits per heavy atom. The number of rotatable bonds is 10. The van der Waals surface area contributed by atoms with Crippen molar-refractivity contribution < 1.29 is 14.2 Å².